The Bertz CT molecular complexity index is 1230. The molecule has 4 heterocycles. The number of H-pyrrole nitrogens is 1. The SMILES string of the molecule is c1cc2[nH]nc(-c3cncc(OC4CCCNC4)n3)c2cc1-c1cncc(C2CC2)n1. The van der Waals surface area contributed by atoms with Crippen molar-refractivity contribution in [2.75, 3.05) is 13.1 Å². The number of aromatic amines is 1. The van der Waals surface area contributed by atoms with Crippen LogP contribution < -0.4 is 10.1 Å². The van der Waals surface area contributed by atoms with Gasteiger partial charge in [-0.05, 0) is 44.4 Å². The van der Waals surface area contributed by atoms with Gasteiger partial charge in [-0.15, -0.1) is 0 Å². The fraction of sp³-hybridized carbons (Fsp3) is 0.348. The second-order valence-corrected chi connectivity index (χ2v) is 8.26. The molecule has 3 aromatic heterocycles. The molecule has 0 bridgehead atoms. The fourth-order valence-corrected chi connectivity index (χ4v) is 4.07. The standard InChI is InChI=1S/C23H23N7O/c1-2-16(9-24-7-1)31-22-13-26-12-21(28-22)23-17-8-15(5-6-18(17)29-30-23)20-11-25-10-19(27-20)14-3-4-14/h5-6,8,10-14,16,24H,1-4,7,9H2,(H,29,30). The number of hydrogen-bond acceptors (Lipinski definition) is 7. The summed E-state index contributed by atoms with van der Waals surface area (Å²) in [6, 6.07) is 6.16. The number of aromatic nitrogens is 6. The number of benzene rings is 1. The number of nitrogens with zero attached hydrogens (tertiary/aromatic N) is 5. The summed E-state index contributed by atoms with van der Waals surface area (Å²) in [7, 11) is 0. The van der Waals surface area contributed by atoms with E-state index in [0.29, 0.717) is 17.5 Å². The lowest BCUT2D eigenvalue weighted by Gasteiger charge is -2.23. The molecule has 1 saturated heterocycles. The third-order valence-corrected chi connectivity index (χ3v) is 5.90. The van der Waals surface area contributed by atoms with E-state index < -0.39 is 0 Å². The second kappa shape index (κ2) is 7.70. The third-order valence-electron chi connectivity index (χ3n) is 5.90. The summed E-state index contributed by atoms with van der Waals surface area (Å²) in [5.74, 6) is 1.10. The number of rotatable bonds is 5. The Hall–Kier alpha value is -3.39. The van der Waals surface area contributed by atoms with Crippen LogP contribution in [0.1, 0.15) is 37.3 Å². The normalized spacial score (nSPS) is 18.9. The van der Waals surface area contributed by atoms with Crippen molar-refractivity contribution in [2.45, 2.75) is 37.7 Å². The molecule has 1 atom stereocenters. The van der Waals surface area contributed by atoms with E-state index in [1.54, 1.807) is 12.4 Å². The predicted molar refractivity (Wildman–Crippen MR) is 117 cm³/mol. The van der Waals surface area contributed by atoms with Crippen LogP contribution in [-0.4, -0.2) is 49.3 Å². The molecule has 0 spiro atoms. The lowest BCUT2D eigenvalue weighted by atomic mass is 10.1. The first kappa shape index (κ1) is 18.4. The average Bonchev–Trinajstić information content (AvgIpc) is 3.59. The molecule has 0 radical (unpaired) electrons. The molecule has 4 aromatic rings. The lowest BCUT2D eigenvalue weighted by molar-refractivity contribution is 0.160. The van der Waals surface area contributed by atoms with Crippen molar-refractivity contribution in [3.63, 3.8) is 0 Å². The molecule has 0 amide bonds. The van der Waals surface area contributed by atoms with Crippen LogP contribution in [-0.2, 0) is 0 Å². The van der Waals surface area contributed by atoms with Crippen LogP contribution in [0.2, 0.25) is 0 Å². The van der Waals surface area contributed by atoms with E-state index >= 15 is 0 Å². The fourth-order valence-electron chi connectivity index (χ4n) is 4.07. The number of nitrogens with one attached hydrogen (secondary N) is 2. The van der Waals surface area contributed by atoms with Crippen molar-refractivity contribution in [3.05, 3.63) is 48.7 Å². The number of piperidine rings is 1. The van der Waals surface area contributed by atoms with Crippen LogP contribution in [0.25, 0.3) is 33.5 Å². The van der Waals surface area contributed by atoms with Gasteiger partial charge in [-0.1, -0.05) is 6.07 Å². The number of ether oxygens (including phenoxy) is 1. The van der Waals surface area contributed by atoms with E-state index in [2.05, 4.69) is 36.5 Å². The Morgan fingerprint density at radius 1 is 0.935 bits per heavy atom. The molecule has 6 rings (SSSR count). The van der Waals surface area contributed by atoms with Crippen LogP contribution in [0.15, 0.2) is 43.0 Å². The third kappa shape index (κ3) is 3.74. The smallest absolute Gasteiger partial charge is 0.233 e. The first-order valence-corrected chi connectivity index (χ1v) is 10.8. The zero-order valence-corrected chi connectivity index (χ0v) is 17.1. The van der Waals surface area contributed by atoms with Gasteiger partial charge < -0.3 is 10.1 Å². The van der Waals surface area contributed by atoms with Gasteiger partial charge in [-0.25, -0.2) is 9.97 Å². The highest BCUT2D eigenvalue weighted by Crippen LogP contribution is 2.39. The Kier molecular flexibility index (Phi) is 4.57. The Morgan fingerprint density at radius 2 is 1.84 bits per heavy atom. The van der Waals surface area contributed by atoms with Crippen molar-refractivity contribution in [1.82, 2.24) is 35.5 Å². The minimum Gasteiger partial charge on any atom is -0.472 e. The number of fused-ring (bicyclic) bond motifs is 1. The second-order valence-electron chi connectivity index (χ2n) is 8.26. The average molecular weight is 413 g/mol. The van der Waals surface area contributed by atoms with Crippen molar-refractivity contribution < 1.29 is 4.74 Å². The first-order chi connectivity index (χ1) is 15.3. The first-order valence-electron chi connectivity index (χ1n) is 10.8. The molecule has 1 unspecified atom stereocenters. The maximum atomic E-state index is 6.05. The lowest BCUT2D eigenvalue weighted by Crippen LogP contribution is -2.37. The quantitative estimate of drug-likeness (QED) is 0.516. The van der Waals surface area contributed by atoms with Crippen molar-refractivity contribution >= 4 is 10.9 Å². The van der Waals surface area contributed by atoms with Gasteiger partial charge in [0.25, 0.3) is 0 Å². The van der Waals surface area contributed by atoms with Gasteiger partial charge in [0.15, 0.2) is 0 Å². The van der Waals surface area contributed by atoms with Crippen LogP contribution in [0.4, 0.5) is 0 Å². The highest BCUT2D eigenvalue weighted by molar-refractivity contribution is 5.94. The van der Waals surface area contributed by atoms with E-state index in [1.165, 1.54) is 12.8 Å². The minimum absolute atomic E-state index is 0.123. The molecule has 2 N–H and O–H groups in total. The molecule has 8 heteroatoms. The maximum Gasteiger partial charge on any atom is 0.233 e. The van der Waals surface area contributed by atoms with Crippen LogP contribution in [0, 0.1) is 0 Å². The summed E-state index contributed by atoms with van der Waals surface area (Å²) in [5, 5.41) is 11.9. The van der Waals surface area contributed by atoms with Crippen molar-refractivity contribution in [3.8, 4) is 28.5 Å². The molecule has 1 aromatic carbocycles. The Labute approximate surface area is 179 Å². The largest absolute Gasteiger partial charge is 0.472 e. The van der Waals surface area contributed by atoms with E-state index in [4.69, 9.17) is 9.72 Å². The van der Waals surface area contributed by atoms with Crippen LogP contribution in [0.5, 0.6) is 5.88 Å². The zero-order valence-electron chi connectivity index (χ0n) is 17.1. The summed E-state index contributed by atoms with van der Waals surface area (Å²) in [5.41, 5.74) is 5.35. The molecule has 8 nitrogen and oxygen atoms in total. The summed E-state index contributed by atoms with van der Waals surface area (Å²) >= 11 is 0. The van der Waals surface area contributed by atoms with Gasteiger partial charge in [-0.2, -0.15) is 5.10 Å². The van der Waals surface area contributed by atoms with E-state index in [9.17, 15) is 0 Å². The van der Waals surface area contributed by atoms with Gasteiger partial charge in [-0.3, -0.25) is 15.1 Å². The van der Waals surface area contributed by atoms with Gasteiger partial charge >= 0.3 is 0 Å². The summed E-state index contributed by atoms with van der Waals surface area (Å²) in [4.78, 5) is 18.3. The van der Waals surface area contributed by atoms with Crippen molar-refractivity contribution in [1.29, 1.82) is 0 Å². The summed E-state index contributed by atoms with van der Waals surface area (Å²) < 4.78 is 6.05. The monoisotopic (exact) mass is 413 g/mol. The maximum absolute atomic E-state index is 6.05. The van der Waals surface area contributed by atoms with Gasteiger partial charge in [0.05, 0.1) is 35.5 Å². The summed E-state index contributed by atoms with van der Waals surface area (Å²) in [6.45, 7) is 1.88. The molecule has 2 aliphatic rings. The molecule has 1 saturated carbocycles. The Balaban J connectivity index is 1.34. The minimum atomic E-state index is 0.123. The van der Waals surface area contributed by atoms with Gasteiger partial charge in [0, 0.05) is 29.6 Å². The highest BCUT2D eigenvalue weighted by Gasteiger charge is 2.25. The molecule has 156 valence electrons. The summed E-state index contributed by atoms with van der Waals surface area (Å²) in [6.07, 6.45) is 11.8. The molecule has 2 fully saturated rings. The highest BCUT2D eigenvalue weighted by atomic mass is 16.5. The van der Waals surface area contributed by atoms with E-state index in [1.807, 2.05) is 24.5 Å². The van der Waals surface area contributed by atoms with E-state index in [0.717, 1.165) is 59.5 Å². The molecule has 1 aliphatic heterocycles. The molecular weight excluding hydrogens is 390 g/mol. The van der Waals surface area contributed by atoms with E-state index in [-0.39, 0.29) is 6.10 Å². The molecule has 31 heavy (non-hydrogen) atoms. The molecule has 1 aliphatic carbocycles. The van der Waals surface area contributed by atoms with Gasteiger partial charge in [0.2, 0.25) is 5.88 Å². The predicted octanol–water partition coefficient (Wildman–Crippen LogP) is 3.49. The number of hydrogen-bond donors (Lipinski definition) is 2. The van der Waals surface area contributed by atoms with Crippen LogP contribution >= 0.6 is 0 Å². The van der Waals surface area contributed by atoms with Gasteiger partial charge in [0.1, 0.15) is 17.5 Å². The topological polar surface area (TPSA) is 102 Å². The molecular formula is C23H23N7O. The van der Waals surface area contributed by atoms with Crippen molar-refractivity contribution in [2.24, 2.45) is 0 Å². The zero-order chi connectivity index (χ0) is 20.6. The van der Waals surface area contributed by atoms with Crippen LogP contribution in [0.3, 0.4) is 0 Å². The Morgan fingerprint density at radius 3 is 2.71 bits per heavy atom.